The molecule has 0 aromatic carbocycles. The highest BCUT2D eigenvalue weighted by Crippen LogP contribution is 2.22. The summed E-state index contributed by atoms with van der Waals surface area (Å²) < 4.78 is 0. The Bertz CT molecular complexity index is 213. The summed E-state index contributed by atoms with van der Waals surface area (Å²) in [4.78, 5) is 10.8. The van der Waals surface area contributed by atoms with Crippen molar-refractivity contribution in [1.29, 1.82) is 0 Å². The molecule has 3 heteroatoms. The second-order valence-electron chi connectivity index (χ2n) is 3.81. The predicted octanol–water partition coefficient (Wildman–Crippen LogP) is 1.41. The van der Waals surface area contributed by atoms with E-state index in [9.17, 15) is 4.79 Å². The summed E-state index contributed by atoms with van der Waals surface area (Å²) in [5.74, 6) is -0.432. The van der Waals surface area contributed by atoms with E-state index in [2.05, 4.69) is 11.9 Å². The van der Waals surface area contributed by atoms with Crippen molar-refractivity contribution in [3.63, 3.8) is 0 Å². The first-order chi connectivity index (χ1) is 6.11. The molecule has 1 saturated heterocycles. The standard InChI is InChI=1S/C10H17NO2/c1-7(2)3-4-8-5-6-11-9(8)10(12)13/h8-9,11H,1,3-6H2,2H3,(H,12,13)/t8-,9+/m1/s1. The molecular formula is C10H17NO2. The highest BCUT2D eigenvalue weighted by atomic mass is 16.4. The van der Waals surface area contributed by atoms with Crippen LogP contribution in [0.15, 0.2) is 12.2 Å². The SMILES string of the molecule is C=C(C)CC[C@@H]1CCN[C@@H]1C(=O)O. The van der Waals surface area contributed by atoms with E-state index in [1.807, 2.05) is 6.92 Å². The van der Waals surface area contributed by atoms with Crippen molar-refractivity contribution >= 4 is 5.97 Å². The zero-order chi connectivity index (χ0) is 9.84. The Labute approximate surface area is 78.8 Å². The molecule has 0 saturated carbocycles. The van der Waals surface area contributed by atoms with E-state index in [4.69, 9.17) is 5.11 Å². The van der Waals surface area contributed by atoms with Crippen LogP contribution in [-0.2, 0) is 4.79 Å². The number of carbonyl (C=O) groups is 1. The molecule has 0 radical (unpaired) electrons. The van der Waals surface area contributed by atoms with E-state index in [-0.39, 0.29) is 12.0 Å². The minimum absolute atomic E-state index is 0.286. The van der Waals surface area contributed by atoms with Crippen molar-refractivity contribution in [2.75, 3.05) is 6.54 Å². The van der Waals surface area contributed by atoms with Crippen LogP contribution in [0.4, 0.5) is 0 Å². The van der Waals surface area contributed by atoms with Gasteiger partial charge in [-0.3, -0.25) is 4.79 Å². The zero-order valence-electron chi connectivity index (χ0n) is 8.05. The number of nitrogens with one attached hydrogen (secondary N) is 1. The highest BCUT2D eigenvalue weighted by molar-refractivity contribution is 5.74. The molecule has 0 aliphatic carbocycles. The monoisotopic (exact) mass is 183 g/mol. The first kappa shape index (κ1) is 10.3. The van der Waals surface area contributed by atoms with Crippen LogP contribution in [0.3, 0.4) is 0 Å². The van der Waals surface area contributed by atoms with Gasteiger partial charge in [0, 0.05) is 0 Å². The first-order valence-electron chi connectivity index (χ1n) is 4.72. The molecule has 1 rings (SSSR count). The molecular weight excluding hydrogens is 166 g/mol. The smallest absolute Gasteiger partial charge is 0.320 e. The van der Waals surface area contributed by atoms with Crippen LogP contribution < -0.4 is 5.32 Å². The molecule has 0 unspecified atom stereocenters. The molecule has 0 spiro atoms. The third kappa shape index (κ3) is 2.84. The normalized spacial score (nSPS) is 27.5. The molecule has 0 aromatic heterocycles. The molecule has 1 heterocycles. The Morgan fingerprint density at radius 2 is 2.38 bits per heavy atom. The summed E-state index contributed by atoms with van der Waals surface area (Å²) in [6.45, 7) is 6.63. The predicted molar refractivity (Wildman–Crippen MR) is 51.6 cm³/mol. The van der Waals surface area contributed by atoms with E-state index >= 15 is 0 Å². The Balaban J connectivity index is 2.39. The maximum Gasteiger partial charge on any atom is 0.320 e. The topological polar surface area (TPSA) is 49.3 Å². The maximum absolute atomic E-state index is 10.8. The van der Waals surface area contributed by atoms with Crippen molar-refractivity contribution in [3.05, 3.63) is 12.2 Å². The molecule has 1 aliphatic rings. The van der Waals surface area contributed by atoms with Crippen LogP contribution in [-0.4, -0.2) is 23.7 Å². The lowest BCUT2D eigenvalue weighted by atomic mass is 9.94. The van der Waals surface area contributed by atoms with Crippen LogP contribution >= 0.6 is 0 Å². The van der Waals surface area contributed by atoms with Gasteiger partial charge in [0.1, 0.15) is 6.04 Å². The number of aliphatic carboxylic acids is 1. The van der Waals surface area contributed by atoms with Crippen LogP contribution in [0.25, 0.3) is 0 Å². The van der Waals surface area contributed by atoms with Gasteiger partial charge in [-0.05, 0) is 38.6 Å². The van der Waals surface area contributed by atoms with Crippen molar-refractivity contribution in [3.8, 4) is 0 Å². The van der Waals surface area contributed by atoms with Crippen LogP contribution in [0.1, 0.15) is 26.2 Å². The fourth-order valence-electron chi connectivity index (χ4n) is 1.79. The van der Waals surface area contributed by atoms with E-state index in [1.54, 1.807) is 0 Å². The van der Waals surface area contributed by atoms with E-state index < -0.39 is 5.97 Å². The average Bonchev–Trinajstić information content (AvgIpc) is 2.47. The number of hydrogen-bond acceptors (Lipinski definition) is 2. The van der Waals surface area contributed by atoms with Gasteiger partial charge in [0.05, 0.1) is 0 Å². The quantitative estimate of drug-likeness (QED) is 0.648. The van der Waals surface area contributed by atoms with Gasteiger partial charge in [-0.1, -0.05) is 5.57 Å². The third-order valence-corrected chi connectivity index (χ3v) is 2.56. The summed E-state index contributed by atoms with van der Waals surface area (Å²) >= 11 is 0. The number of carboxylic acids is 1. The lowest BCUT2D eigenvalue weighted by Crippen LogP contribution is -2.35. The second-order valence-corrected chi connectivity index (χ2v) is 3.81. The number of hydrogen-bond donors (Lipinski definition) is 2. The van der Waals surface area contributed by atoms with Crippen molar-refractivity contribution in [2.45, 2.75) is 32.2 Å². The van der Waals surface area contributed by atoms with Gasteiger partial charge < -0.3 is 10.4 Å². The van der Waals surface area contributed by atoms with Crippen LogP contribution in [0.2, 0.25) is 0 Å². The Hall–Kier alpha value is -0.830. The Morgan fingerprint density at radius 3 is 2.92 bits per heavy atom. The number of allylic oxidation sites excluding steroid dienone is 1. The van der Waals surface area contributed by atoms with Crippen LogP contribution in [0, 0.1) is 5.92 Å². The lowest BCUT2D eigenvalue weighted by Gasteiger charge is -2.14. The minimum atomic E-state index is -0.718. The van der Waals surface area contributed by atoms with Gasteiger partial charge in [0.25, 0.3) is 0 Å². The third-order valence-electron chi connectivity index (χ3n) is 2.56. The van der Waals surface area contributed by atoms with Gasteiger partial charge in [0.15, 0.2) is 0 Å². The van der Waals surface area contributed by atoms with Crippen molar-refractivity contribution in [2.24, 2.45) is 5.92 Å². The Morgan fingerprint density at radius 1 is 1.69 bits per heavy atom. The summed E-state index contributed by atoms with van der Waals surface area (Å²) in [7, 11) is 0. The average molecular weight is 183 g/mol. The van der Waals surface area contributed by atoms with Gasteiger partial charge >= 0.3 is 5.97 Å². The van der Waals surface area contributed by atoms with Crippen molar-refractivity contribution < 1.29 is 9.90 Å². The van der Waals surface area contributed by atoms with Gasteiger partial charge in [-0.2, -0.15) is 0 Å². The highest BCUT2D eigenvalue weighted by Gasteiger charge is 2.31. The second kappa shape index (κ2) is 4.42. The fraction of sp³-hybridized carbons (Fsp3) is 0.700. The number of carboxylic acid groups (broad SMARTS) is 1. The van der Waals surface area contributed by atoms with Gasteiger partial charge in [-0.25, -0.2) is 0 Å². The molecule has 74 valence electrons. The zero-order valence-corrected chi connectivity index (χ0v) is 8.05. The number of rotatable bonds is 4. The molecule has 0 aromatic rings. The fourth-order valence-corrected chi connectivity index (χ4v) is 1.79. The summed E-state index contributed by atoms with van der Waals surface area (Å²) in [5, 5.41) is 11.9. The van der Waals surface area contributed by atoms with E-state index in [0.29, 0.717) is 0 Å². The van der Waals surface area contributed by atoms with Gasteiger partial charge in [0.2, 0.25) is 0 Å². The molecule has 0 bridgehead atoms. The largest absolute Gasteiger partial charge is 0.480 e. The van der Waals surface area contributed by atoms with E-state index in [0.717, 1.165) is 31.4 Å². The van der Waals surface area contributed by atoms with Crippen molar-refractivity contribution in [1.82, 2.24) is 5.32 Å². The summed E-state index contributed by atoms with van der Waals surface area (Å²) in [6.07, 6.45) is 2.86. The van der Waals surface area contributed by atoms with Crippen LogP contribution in [0.5, 0.6) is 0 Å². The molecule has 2 atom stereocenters. The molecule has 13 heavy (non-hydrogen) atoms. The molecule has 1 aliphatic heterocycles. The van der Waals surface area contributed by atoms with Gasteiger partial charge in [-0.15, -0.1) is 6.58 Å². The maximum atomic E-state index is 10.8. The summed E-state index contributed by atoms with van der Waals surface area (Å²) in [6, 6.07) is -0.334. The Kier molecular flexibility index (Phi) is 3.48. The molecule has 2 N–H and O–H groups in total. The molecule has 1 fully saturated rings. The molecule has 0 amide bonds. The first-order valence-corrected chi connectivity index (χ1v) is 4.72. The minimum Gasteiger partial charge on any atom is -0.480 e. The lowest BCUT2D eigenvalue weighted by molar-refractivity contribution is -0.140. The summed E-state index contributed by atoms with van der Waals surface area (Å²) in [5.41, 5.74) is 1.14. The van der Waals surface area contributed by atoms with E-state index in [1.165, 1.54) is 0 Å². The molecule has 3 nitrogen and oxygen atoms in total.